The van der Waals surface area contributed by atoms with Gasteiger partial charge in [0.1, 0.15) is 6.10 Å². The number of nitrogens with one attached hydrogen (secondary N) is 2. The van der Waals surface area contributed by atoms with Gasteiger partial charge in [0.2, 0.25) is 0 Å². The summed E-state index contributed by atoms with van der Waals surface area (Å²) in [5, 5.41) is 5.96. The average Bonchev–Trinajstić information content (AvgIpc) is 2.71. The van der Waals surface area contributed by atoms with E-state index in [1.807, 2.05) is 0 Å². The van der Waals surface area contributed by atoms with Crippen molar-refractivity contribution in [2.24, 2.45) is 0 Å². The molecule has 1 amide bonds. The van der Waals surface area contributed by atoms with Crippen LogP contribution in [0.25, 0.3) is 0 Å². The van der Waals surface area contributed by atoms with Gasteiger partial charge in [0.25, 0.3) is 5.91 Å². The van der Waals surface area contributed by atoms with E-state index in [1.165, 1.54) is 6.42 Å². The van der Waals surface area contributed by atoms with Crippen LogP contribution in [0.15, 0.2) is 46.9 Å². The Labute approximate surface area is 188 Å². The number of carbonyl (C=O) groups excluding carboxylic acids is 2. The molecular formula is C21H20BrClN2O3S. The van der Waals surface area contributed by atoms with Crippen molar-refractivity contribution in [2.75, 3.05) is 5.32 Å². The summed E-state index contributed by atoms with van der Waals surface area (Å²) in [4.78, 5) is 24.6. The zero-order chi connectivity index (χ0) is 20.8. The molecule has 1 fully saturated rings. The number of thiocarbonyl (C=S) groups is 1. The molecule has 3 rings (SSSR count). The second-order valence-electron chi connectivity index (χ2n) is 6.78. The van der Waals surface area contributed by atoms with Crippen LogP contribution in [-0.4, -0.2) is 23.1 Å². The van der Waals surface area contributed by atoms with Gasteiger partial charge in [0, 0.05) is 10.2 Å². The highest BCUT2D eigenvalue weighted by atomic mass is 79.9. The van der Waals surface area contributed by atoms with Crippen LogP contribution in [0.3, 0.4) is 0 Å². The Hall–Kier alpha value is -1.96. The molecule has 1 aliphatic rings. The van der Waals surface area contributed by atoms with Crippen molar-refractivity contribution in [3.8, 4) is 0 Å². The summed E-state index contributed by atoms with van der Waals surface area (Å²) in [6.45, 7) is 0. The number of ether oxygens (including phenoxy) is 1. The highest BCUT2D eigenvalue weighted by Crippen LogP contribution is 2.22. The van der Waals surface area contributed by atoms with E-state index in [0.29, 0.717) is 21.8 Å². The molecular weight excluding hydrogens is 476 g/mol. The molecule has 0 radical (unpaired) electrons. The number of benzene rings is 2. The number of hydrogen-bond acceptors (Lipinski definition) is 4. The van der Waals surface area contributed by atoms with Gasteiger partial charge in [-0.1, -0.05) is 34.0 Å². The average molecular weight is 496 g/mol. The zero-order valence-electron chi connectivity index (χ0n) is 15.5. The molecule has 152 valence electrons. The third-order valence-electron chi connectivity index (χ3n) is 4.60. The first-order valence-electron chi connectivity index (χ1n) is 9.31. The van der Waals surface area contributed by atoms with Crippen molar-refractivity contribution < 1.29 is 14.3 Å². The van der Waals surface area contributed by atoms with Crippen LogP contribution in [-0.2, 0) is 4.74 Å². The predicted molar refractivity (Wildman–Crippen MR) is 122 cm³/mol. The van der Waals surface area contributed by atoms with Gasteiger partial charge in [-0.05, 0) is 80.4 Å². The number of halogens is 2. The lowest BCUT2D eigenvalue weighted by molar-refractivity contribution is 0.0211. The van der Waals surface area contributed by atoms with Gasteiger partial charge in [-0.15, -0.1) is 0 Å². The van der Waals surface area contributed by atoms with Gasteiger partial charge >= 0.3 is 5.97 Å². The second kappa shape index (κ2) is 10.2. The van der Waals surface area contributed by atoms with Crippen LogP contribution in [0.5, 0.6) is 0 Å². The molecule has 29 heavy (non-hydrogen) atoms. The monoisotopic (exact) mass is 494 g/mol. The fourth-order valence-electron chi connectivity index (χ4n) is 3.10. The van der Waals surface area contributed by atoms with Crippen molar-refractivity contribution in [3.05, 3.63) is 63.1 Å². The maximum Gasteiger partial charge on any atom is 0.338 e. The smallest absolute Gasteiger partial charge is 0.338 e. The molecule has 2 aromatic carbocycles. The fourth-order valence-corrected chi connectivity index (χ4v) is 3.87. The van der Waals surface area contributed by atoms with Crippen molar-refractivity contribution in [2.45, 2.75) is 38.2 Å². The standard InChI is InChI=1S/C21H20BrClN2O3S/c22-14-8-11-18(23)17(12-14)19(26)25-21(29)24-15-9-6-13(7-10-15)20(27)28-16-4-2-1-3-5-16/h6-12,16H,1-5H2,(H2,24,25,26,29). The molecule has 0 unspecified atom stereocenters. The highest BCUT2D eigenvalue weighted by Gasteiger charge is 2.19. The molecule has 2 aromatic rings. The SMILES string of the molecule is O=C(OC1CCCCC1)c1ccc(NC(=S)NC(=O)c2cc(Br)ccc2Cl)cc1. The summed E-state index contributed by atoms with van der Waals surface area (Å²) in [6, 6.07) is 11.8. The molecule has 5 nitrogen and oxygen atoms in total. The van der Waals surface area contributed by atoms with Crippen molar-refractivity contribution >= 4 is 62.4 Å². The maximum atomic E-state index is 12.3. The van der Waals surface area contributed by atoms with Gasteiger partial charge < -0.3 is 10.1 Å². The van der Waals surface area contributed by atoms with E-state index in [-0.39, 0.29) is 17.2 Å². The summed E-state index contributed by atoms with van der Waals surface area (Å²) in [7, 11) is 0. The topological polar surface area (TPSA) is 67.4 Å². The highest BCUT2D eigenvalue weighted by molar-refractivity contribution is 9.10. The number of carbonyl (C=O) groups is 2. The molecule has 0 aliphatic heterocycles. The van der Waals surface area contributed by atoms with Crippen molar-refractivity contribution in [1.82, 2.24) is 5.32 Å². The molecule has 0 atom stereocenters. The maximum absolute atomic E-state index is 12.3. The quantitative estimate of drug-likeness (QED) is 0.419. The molecule has 0 bridgehead atoms. The van der Waals surface area contributed by atoms with Crippen LogP contribution < -0.4 is 10.6 Å². The Kier molecular flexibility index (Phi) is 7.64. The number of rotatable bonds is 4. The minimum Gasteiger partial charge on any atom is -0.459 e. The van der Waals surface area contributed by atoms with E-state index in [2.05, 4.69) is 26.6 Å². The lowest BCUT2D eigenvalue weighted by atomic mass is 9.98. The lowest BCUT2D eigenvalue weighted by Crippen LogP contribution is -2.34. The Bertz CT molecular complexity index is 915. The zero-order valence-corrected chi connectivity index (χ0v) is 18.7. The van der Waals surface area contributed by atoms with Crippen molar-refractivity contribution in [1.29, 1.82) is 0 Å². The molecule has 1 aliphatic carbocycles. The van der Waals surface area contributed by atoms with Crippen LogP contribution in [0, 0.1) is 0 Å². The number of hydrogen-bond donors (Lipinski definition) is 2. The van der Waals surface area contributed by atoms with Gasteiger partial charge in [0.05, 0.1) is 16.1 Å². The van der Waals surface area contributed by atoms with E-state index in [0.717, 1.165) is 30.2 Å². The summed E-state index contributed by atoms with van der Waals surface area (Å²) in [5.74, 6) is -0.731. The number of esters is 1. The summed E-state index contributed by atoms with van der Waals surface area (Å²) in [5.41, 5.74) is 1.44. The van der Waals surface area contributed by atoms with E-state index in [4.69, 9.17) is 28.6 Å². The summed E-state index contributed by atoms with van der Waals surface area (Å²) < 4.78 is 6.30. The minimum absolute atomic E-state index is 0.0155. The third-order valence-corrected chi connectivity index (χ3v) is 5.63. The van der Waals surface area contributed by atoms with Gasteiger partial charge in [-0.2, -0.15) is 0 Å². The normalized spacial score (nSPS) is 14.1. The second-order valence-corrected chi connectivity index (χ2v) is 8.51. The van der Waals surface area contributed by atoms with E-state index < -0.39 is 5.91 Å². The molecule has 0 heterocycles. The number of amides is 1. The van der Waals surface area contributed by atoms with E-state index in [9.17, 15) is 9.59 Å². The third kappa shape index (κ3) is 6.26. The first-order valence-corrected chi connectivity index (χ1v) is 10.9. The Morgan fingerprint density at radius 2 is 1.76 bits per heavy atom. The molecule has 8 heteroatoms. The minimum atomic E-state index is -0.415. The van der Waals surface area contributed by atoms with Crippen LogP contribution in [0.2, 0.25) is 5.02 Å². The molecule has 1 saturated carbocycles. The van der Waals surface area contributed by atoms with Crippen molar-refractivity contribution in [3.63, 3.8) is 0 Å². The van der Waals surface area contributed by atoms with Crippen LogP contribution in [0.1, 0.15) is 52.8 Å². The Morgan fingerprint density at radius 1 is 1.07 bits per heavy atom. The van der Waals surface area contributed by atoms with Gasteiger partial charge in [-0.25, -0.2) is 4.79 Å². The fraction of sp³-hybridized carbons (Fsp3) is 0.286. The van der Waals surface area contributed by atoms with E-state index >= 15 is 0 Å². The predicted octanol–water partition coefficient (Wildman–Crippen LogP) is 5.72. The largest absolute Gasteiger partial charge is 0.459 e. The summed E-state index contributed by atoms with van der Waals surface area (Å²) >= 11 is 14.6. The Morgan fingerprint density at radius 3 is 2.45 bits per heavy atom. The van der Waals surface area contributed by atoms with Gasteiger partial charge in [0.15, 0.2) is 5.11 Å². The van der Waals surface area contributed by atoms with Crippen LogP contribution in [0.4, 0.5) is 5.69 Å². The van der Waals surface area contributed by atoms with Gasteiger partial charge in [-0.3, -0.25) is 10.1 Å². The molecule has 0 spiro atoms. The van der Waals surface area contributed by atoms with E-state index in [1.54, 1.807) is 42.5 Å². The number of anilines is 1. The first kappa shape index (κ1) is 21.7. The van der Waals surface area contributed by atoms with Crippen LogP contribution >= 0.6 is 39.7 Å². The molecule has 2 N–H and O–H groups in total. The molecule has 0 aromatic heterocycles. The molecule has 0 saturated heterocycles. The lowest BCUT2D eigenvalue weighted by Gasteiger charge is -2.21. The first-order chi connectivity index (χ1) is 13.9. The summed E-state index contributed by atoms with van der Waals surface area (Å²) in [6.07, 6.45) is 5.30. The Balaban J connectivity index is 1.54.